The number of hydrogen-bond acceptors (Lipinski definition) is 4. The van der Waals surface area contributed by atoms with Gasteiger partial charge in [-0.25, -0.2) is 4.99 Å². The molecule has 0 bridgehead atoms. The number of guanidine groups is 1. The van der Waals surface area contributed by atoms with Crippen LogP contribution in [0.3, 0.4) is 0 Å². The fourth-order valence-corrected chi connectivity index (χ4v) is 3.24. The summed E-state index contributed by atoms with van der Waals surface area (Å²) in [6, 6.07) is 10.3. The van der Waals surface area contributed by atoms with E-state index in [1.165, 1.54) is 5.56 Å². The highest BCUT2D eigenvalue weighted by Crippen LogP contribution is 2.17. The Morgan fingerprint density at radius 1 is 1.36 bits per heavy atom. The molecule has 1 aromatic heterocycles. The third-order valence-corrected chi connectivity index (χ3v) is 5.01. The zero-order valence-corrected chi connectivity index (χ0v) is 16.8. The third kappa shape index (κ3) is 5.42. The Balaban J connectivity index is 1.53. The van der Waals surface area contributed by atoms with Crippen molar-refractivity contribution < 1.29 is 4.74 Å². The summed E-state index contributed by atoms with van der Waals surface area (Å²) in [5.41, 5.74) is 1.21. The van der Waals surface area contributed by atoms with Gasteiger partial charge in [-0.1, -0.05) is 36.4 Å². The molecule has 0 amide bonds. The SMILES string of the molecule is C=CCNC(=NCc1nnc(C)n1C)N1CCC(COCc2ccccc2)C1. The minimum absolute atomic E-state index is 0.502. The molecule has 1 fully saturated rings. The van der Waals surface area contributed by atoms with Gasteiger partial charge in [-0.05, 0) is 18.9 Å². The zero-order chi connectivity index (χ0) is 19.8. The number of hydrogen-bond donors (Lipinski definition) is 1. The summed E-state index contributed by atoms with van der Waals surface area (Å²) in [5, 5.41) is 11.7. The number of benzene rings is 1. The lowest BCUT2D eigenvalue weighted by Crippen LogP contribution is -2.40. The van der Waals surface area contributed by atoms with Gasteiger partial charge in [0.25, 0.3) is 0 Å². The molecule has 1 aromatic carbocycles. The fourth-order valence-electron chi connectivity index (χ4n) is 3.24. The molecule has 1 unspecified atom stereocenters. The monoisotopic (exact) mass is 382 g/mol. The van der Waals surface area contributed by atoms with Crippen molar-refractivity contribution in [3.63, 3.8) is 0 Å². The van der Waals surface area contributed by atoms with Crippen LogP contribution in [-0.4, -0.2) is 51.9 Å². The third-order valence-electron chi connectivity index (χ3n) is 5.01. The van der Waals surface area contributed by atoms with Crippen molar-refractivity contribution >= 4 is 5.96 Å². The smallest absolute Gasteiger partial charge is 0.194 e. The standard InChI is InChI=1S/C21H30N6O/c1-4-11-22-21(23-13-20-25-24-17(2)26(20)3)27-12-10-19(14-27)16-28-15-18-8-6-5-7-9-18/h4-9,19H,1,10-16H2,2-3H3,(H,22,23). The van der Waals surface area contributed by atoms with E-state index in [-0.39, 0.29) is 0 Å². The van der Waals surface area contributed by atoms with Crippen molar-refractivity contribution in [1.82, 2.24) is 25.0 Å². The second-order valence-electron chi connectivity index (χ2n) is 7.13. The largest absolute Gasteiger partial charge is 0.376 e. The molecule has 7 heteroatoms. The first-order chi connectivity index (χ1) is 13.7. The highest BCUT2D eigenvalue weighted by Gasteiger charge is 2.25. The molecule has 0 radical (unpaired) electrons. The summed E-state index contributed by atoms with van der Waals surface area (Å²) in [6.07, 6.45) is 2.95. The van der Waals surface area contributed by atoms with E-state index in [4.69, 9.17) is 9.73 Å². The highest BCUT2D eigenvalue weighted by atomic mass is 16.5. The molecule has 0 aliphatic carbocycles. The van der Waals surface area contributed by atoms with Crippen LogP contribution in [0.4, 0.5) is 0 Å². The Kier molecular flexibility index (Phi) is 7.19. The van der Waals surface area contributed by atoms with Crippen LogP contribution in [0.15, 0.2) is 48.0 Å². The molecule has 1 atom stereocenters. The lowest BCUT2D eigenvalue weighted by molar-refractivity contribution is 0.0907. The topological polar surface area (TPSA) is 67.6 Å². The number of aromatic nitrogens is 3. The lowest BCUT2D eigenvalue weighted by atomic mass is 10.1. The lowest BCUT2D eigenvalue weighted by Gasteiger charge is -2.21. The molecule has 2 heterocycles. The molecule has 3 rings (SSSR count). The Bertz CT molecular complexity index is 785. The van der Waals surface area contributed by atoms with Crippen molar-refractivity contribution in [2.24, 2.45) is 18.0 Å². The zero-order valence-electron chi connectivity index (χ0n) is 16.8. The quantitative estimate of drug-likeness (QED) is 0.431. The number of aryl methyl sites for hydroxylation is 1. The summed E-state index contributed by atoms with van der Waals surface area (Å²) < 4.78 is 7.91. The van der Waals surface area contributed by atoms with Gasteiger partial charge in [0.1, 0.15) is 12.4 Å². The van der Waals surface area contributed by atoms with Crippen molar-refractivity contribution in [2.45, 2.75) is 26.5 Å². The van der Waals surface area contributed by atoms with Crippen LogP contribution in [0.25, 0.3) is 0 Å². The predicted molar refractivity (Wildman–Crippen MR) is 111 cm³/mol. The van der Waals surface area contributed by atoms with Gasteiger partial charge in [0, 0.05) is 32.6 Å². The summed E-state index contributed by atoms with van der Waals surface area (Å²) in [5.74, 6) is 3.16. The molecule has 150 valence electrons. The molecule has 1 saturated heterocycles. The minimum atomic E-state index is 0.502. The average molecular weight is 383 g/mol. The molecule has 0 spiro atoms. The molecule has 2 aromatic rings. The fraction of sp³-hybridized carbons (Fsp3) is 0.476. The van der Waals surface area contributed by atoms with Crippen LogP contribution in [0.5, 0.6) is 0 Å². The van der Waals surface area contributed by atoms with Crippen LogP contribution in [0, 0.1) is 12.8 Å². The van der Waals surface area contributed by atoms with Crippen molar-refractivity contribution in [2.75, 3.05) is 26.2 Å². The van der Waals surface area contributed by atoms with Crippen LogP contribution in [0.1, 0.15) is 23.6 Å². The minimum Gasteiger partial charge on any atom is -0.376 e. The van der Waals surface area contributed by atoms with E-state index in [1.54, 1.807) is 0 Å². The normalized spacial score (nSPS) is 17.1. The Hall–Kier alpha value is -2.67. The van der Waals surface area contributed by atoms with Crippen LogP contribution in [0.2, 0.25) is 0 Å². The van der Waals surface area contributed by atoms with Crippen molar-refractivity contribution in [3.05, 3.63) is 60.2 Å². The van der Waals surface area contributed by atoms with E-state index in [1.807, 2.05) is 42.8 Å². The van der Waals surface area contributed by atoms with Gasteiger partial charge in [0.2, 0.25) is 0 Å². The highest BCUT2D eigenvalue weighted by molar-refractivity contribution is 5.80. The summed E-state index contributed by atoms with van der Waals surface area (Å²) >= 11 is 0. The van der Waals surface area contributed by atoms with E-state index in [2.05, 4.69) is 39.1 Å². The molecule has 1 aliphatic rings. The number of likely N-dealkylation sites (tertiary alicyclic amines) is 1. The van der Waals surface area contributed by atoms with E-state index in [9.17, 15) is 0 Å². The molecule has 1 aliphatic heterocycles. The molecular weight excluding hydrogens is 352 g/mol. The first kappa shape index (κ1) is 20.1. The van der Waals surface area contributed by atoms with Gasteiger partial charge in [0.15, 0.2) is 11.8 Å². The average Bonchev–Trinajstić information content (AvgIpc) is 3.31. The molecule has 7 nitrogen and oxygen atoms in total. The molecule has 1 N–H and O–H groups in total. The van der Waals surface area contributed by atoms with E-state index in [0.717, 1.165) is 43.7 Å². The number of nitrogens with one attached hydrogen (secondary N) is 1. The van der Waals surface area contributed by atoms with Crippen LogP contribution < -0.4 is 5.32 Å². The first-order valence-electron chi connectivity index (χ1n) is 9.78. The summed E-state index contributed by atoms with van der Waals surface area (Å²) in [4.78, 5) is 7.06. The van der Waals surface area contributed by atoms with E-state index >= 15 is 0 Å². The van der Waals surface area contributed by atoms with Crippen molar-refractivity contribution in [1.29, 1.82) is 0 Å². The number of rotatable bonds is 8. The Labute approximate surface area is 167 Å². The summed E-state index contributed by atoms with van der Waals surface area (Å²) in [7, 11) is 1.97. The first-order valence-corrected chi connectivity index (χ1v) is 9.78. The maximum atomic E-state index is 5.94. The van der Waals surface area contributed by atoms with Gasteiger partial charge < -0.3 is 19.5 Å². The predicted octanol–water partition coefficient (Wildman–Crippen LogP) is 2.29. The Morgan fingerprint density at radius 3 is 2.89 bits per heavy atom. The van der Waals surface area contributed by atoms with Crippen LogP contribution >= 0.6 is 0 Å². The van der Waals surface area contributed by atoms with Gasteiger partial charge in [0.05, 0.1) is 13.2 Å². The molecule has 28 heavy (non-hydrogen) atoms. The van der Waals surface area contributed by atoms with Gasteiger partial charge in [-0.15, -0.1) is 16.8 Å². The number of nitrogens with zero attached hydrogens (tertiary/aromatic N) is 5. The Morgan fingerprint density at radius 2 is 2.18 bits per heavy atom. The molecular formula is C21H30N6O. The maximum Gasteiger partial charge on any atom is 0.194 e. The molecule has 0 saturated carbocycles. The van der Waals surface area contributed by atoms with Gasteiger partial charge >= 0.3 is 0 Å². The summed E-state index contributed by atoms with van der Waals surface area (Å²) in [6.45, 7) is 10.3. The van der Waals surface area contributed by atoms with E-state index in [0.29, 0.717) is 25.6 Å². The van der Waals surface area contributed by atoms with Gasteiger partial charge in [-0.3, -0.25) is 0 Å². The number of ether oxygens (including phenoxy) is 1. The van der Waals surface area contributed by atoms with Crippen LogP contribution in [-0.2, 0) is 24.9 Å². The maximum absolute atomic E-state index is 5.94. The number of aliphatic imine (C=N–C) groups is 1. The second kappa shape index (κ2) is 10.0. The second-order valence-corrected chi connectivity index (χ2v) is 7.13. The van der Waals surface area contributed by atoms with E-state index < -0.39 is 0 Å². The van der Waals surface area contributed by atoms with Gasteiger partial charge in [-0.2, -0.15) is 0 Å². The van der Waals surface area contributed by atoms with Crippen molar-refractivity contribution in [3.8, 4) is 0 Å².